The standard InChI is InChI=1S/C69H90N16O28/c1-32(21-52(91)92)56-67(108)83-45(23-47(87)37-16-9-10-17-38(37)70)68(109)113-34(3)57(85-64(105)44(27-55(97)98)82-63(104)41(24-49(72)88)80-59(100)39(71)22-36-15-8-11-19-48(36)111-4)66(107)75-29-50(89)77-40(18-12-20-73-69(110)112-31-35-13-6-5-7-14-35)61(102)81-43(26-54(95)96)62(103)76-33(2)58(99)79-42(25-53(93)94)60(101)74-28-51(90)78-46(30-86)65(106)84-56/h5-11,13-17,19,32-34,39-46,56-57,86H,12,18,20-31,70-71H2,1-4H3,(H2,72,88)(H,73,110)(H,74,101)(H,75,107)(H,76,103)(H,77,89)(H,78,90)(H,79,99)(H,80,100)(H,81,102)(H,82,104)(H,83,108)(H,84,106)(H,85,105)(H,91,92)(H,93,94)(H,95,96)(H,97,98)/t32-,33-,34-,39+,40+,41-,42+,43+,44+,45+,46-,56+,57+/m1/s1. The Hall–Kier alpha value is -13.4. The van der Waals surface area contributed by atoms with Gasteiger partial charge in [0.05, 0.1) is 65.0 Å². The Labute approximate surface area is 642 Å². The summed E-state index contributed by atoms with van der Waals surface area (Å²) in [5.41, 5.74) is 18.2. The summed E-state index contributed by atoms with van der Waals surface area (Å²) in [4.78, 5) is 271. The van der Waals surface area contributed by atoms with Crippen LogP contribution in [0.2, 0.25) is 0 Å². The molecule has 0 aliphatic carbocycles. The van der Waals surface area contributed by atoms with Crippen LogP contribution in [-0.4, -0.2) is 250 Å². The van der Waals surface area contributed by atoms with E-state index in [9.17, 15) is 121 Å². The van der Waals surface area contributed by atoms with Gasteiger partial charge in [-0.25, -0.2) is 9.59 Å². The van der Waals surface area contributed by atoms with Crippen molar-refractivity contribution in [1.29, 1.82) is 0 Å². The van der Waals surface area contributed by atoms with Gasteiger partial charge in [0.15, 0.2) is 5.78 Å². The monoisotopic (exact) mass is 1590 g/mol. The van der Waals surface area contributed by atoms with E-state index in [1.165, 1.54) is 31.4 Å². The topological polar surface area (TPSA) is 705 Å². The molecule has 14 amide bonds. The van der Waals surface area contributed by atoms with Gasteiger partial charge < -0.3 is 126 Å². The number of carboxylic acids is 4. The zero-order chi connectivity index (χ0) is 84.3. The molecule has 3 aromatic rings. The lowest BCUT2D eigenvalue weighted by molar-refractivity contribution is -0.156. The molecule has 24 N–H and O–H groups in total. The molecule has 1 aliphatic heterocycles. The summed E-state index contributed by atoms with van der Waals surface area (Å²) in [5.74, 6) is -29.3. The minimum absolute atomic E-state index is 0.198. The van der Waals surface area contributed by atoms with E-state index in [0.29, 0.717) is 16.9 Å². The summed E-state index contributed by atoms with van der Waals surface area (Å²) in [6.07, 6.45) is -11.3. The number of alkyl carbamates (subject to hydrolysis) is 1. The molecule has 113 heavy (non-hydrogen) atoms. The lowest BCUT2D eigenvalue weighted by Crippen LogP contribution is -2.61. The van der Waals surface area contributed by atoms with Crippen molar-refractivity contribution in [3.63, 3.8) is 0 Å². The molecule has 4 rings (SSSR count). The number of anilines is 1. The quantitative estimate of drug-likeness (QED) is 0.0128. The number of nitrogen functional groups attached to an aromatic ring is 1. The second-order valence-corrected chi connectivity index (χ2v) is 25.5. The molecule has 1 aliphatic rings. The molecule has 1 saturated heterocycles. The lowest BCUT2D eigenvalue weighted by atomic mass is 9.96. The van der Waals surface area contributed by atoms with Gasteiger partial charge in [-0.2, -0.15) is 0 Å². The number of nitrogens with one attached hydrogen (secondary N) is 13. The van der Waals surface area contributed by atoms with Crippen molar-refractivity contribution in [3.8, 4) is 5.75 Å². The molecular weight excluding hydrogens is 1500 g/mol. The molecule has 0 saturated carbocycles. The third-order valence-corrected chi connectivity index (χ3v) is 16.5. The molecule has 0 radical (unpaired) electrons. The predicted octanol–water partition coefficient (Wildman–Crippen LogP) is -7.43. The first kappa shape index (κ1) is 92.0. The van der Waals surface area contributed by atoms with E-state index in [-0.39, 0.29) is 37.2 Å². The zero-order valence-corrected chi connectivity index (χ0v) is 61.3. The van der Waals surface area contributed by atoms with E-state index in [2.05, 4.69) is 47.9 Å². The van der Waals surface area contributed by atoms with Gasteiger partial charge in [0.1, 0.15) is 78.9 Å². The largest absolute Gasteiger partial charge is 0.496 e. The number of esters is 1. The van der Waals surface area contributed by atoms with Crippen LogP contribution < -0.4 is 91.1 Å². The van der Waals surface area contributed by atoms with Crippen LogP contribution in [0, 0.1) is 5.92 Å². The summed E-state index contributed by atoms with van der Waals surface area (Å²) in [7, 11) is 1.33. The summed E-state index contributed by atoms with van der Waals surface area (Å²) in [6.45, 7) is -1.43. The minimum atomic E-state index is -2.47. The van der Waals surface area contributed by atoms with E-state index in [4.69, 9.17) is 31.4 Å². The number of cyclic esters (lactones) is 1. The highest BCUT2D eigenvalue weighted by atomic mass is 16.6. The molecule has 0 aromatic heterocycles. The Morgan fingerprint density at radius 3 is 1.72 bits per heavy atom. The van der Waals surface area contributed by atoms with Crippen LogP contribution in [0.3, 0.4) is 0 Å². The first-order valence-electron chi connectivity index (χ1n) is 34.5. The molecule has 3 aromatic carbocycles. The number of rotatable bonds is 30. The van der Waals surface area contributed by atoms with E-state index in [0.717, 1.165) is 20.8 Å². The van der Waals surface area contributed by atoms with Crippen LogP contribution in [0.1, 0.15) is 93.6 Å². The second kappa shape index (κ2) is 45.5. The van der Waals surface area contributed by atoms with E-state index >= 15 is 0 Å². The van der Waals surface area contributed by atoms with Crippen molar-refractivity contribution in [3.05, 3.63) is 95.6 Å². The number of hydrogen-bond acceptors (Lipinski definition) is 26. The average molecular weight is 1590 g/mol. The Morgan fingerprint density at radius 2 is 1.12 bits per heavy atom. The lowest BCUT2D eigenvalue weighted by Gasteiger charge is -2.30. The fraction of sp³-hybridized carbons (Fsp3) is 0.449. The number of aliphatic hydroxyl groups excluding tert-OH is 1. The first-order valence-corrected chi connectivity index (χ1v) is 34.5. The molecule has 44 nitrogen and oxygen atoms in total. The normalized spacial score (nSPS) is 21.2. The number of primary amides is 1. The van der Waals surface area contributed by atoms with Gasteiger partial charge in [-0.3, -0.25) is 86.3 Å². The van der Waals surface area contributed by atoms with Gasteiger partial charge in [0.2, 0.25) is 76.8 Å². The zero-order valence-electron chi connectivity index (χ0n) is 61.3. The summed E-state index contributed by atoms with van der Waals surface area (Å²) < 4.78 is 16.2. The highest BCUT2D eigenvalue weighted by Crippen LogP contribution is 2.20. The molecule has 614 valence electrons. The van der Waals surface area contributed by atoms with Crippen LogP contribution in [0.4, 0.5) is 10.5 Å². The first-order chi connectivity index (χ1) is 53.3. The Bertz CT molecular complexity index is 4020. The van der Waals surface area contributed by atoms with E-state index in [1.54, 1.807) is 54.6 Å². The van der Waals surface area contributed by atoms with E-state index in [1.807, 2.05) is 21.3 Å². The molecule has 44 heteroatoms. The van der Waals surface area contributed by atoms with Crippen molar-refractivity contribution in [2.75, 3.05) is 39.1 Å². The van der Waals surface area contributed by atoms with Gasteiger partial charge in [-0.05, 0) is 61.9 Å². The van der Waals surface area contributed by atoms with E-state index < -0.39 is 262 Å². The molecule has 1 heterocycles. The maximum atomic E-state index is 14.8. The molecule has 0 unspecified atom stereocenters. The number of carbonyl (C=O) groups is 20. The van der Waals surface area contributed by atoms with Gasteiger partial charge in [0, 0.05) is 30.6 Å². The van der Waals surface area contributed by atoms with Gasteiger partial charge in [0.25, 0.3) is 0 Å². The number of ketones is 1. The van der Waals surface area contributed by atoms with Crippen molar-refractivity contribution in [2.24, 2.45) is 17.4 Å². The number of carboxylic acid groups (broad SMARTS) is 4. The van der Waals surface area contributed by atoms with Crippen molar-refractivity contribution in [1.82, 2.24) is 69.1 Å². The SMILES string of the molecule is COc1ccccc1C[C@H](N)C(=O)N[C@H](CC(N)=O)C(=O)N[C@@H](CC(=O)O)C(=O)N[C@@H]1C(=O)NCC(=O)N[C@@H](CCCNC(=O)OCc2ccccc2)C(=O)N[C@@H](CC(=O)O)C(=O)N[C@H](C)C(=O)N[C@@H](CC(=O)O)C(=O)NCC(=O)N[C@H](CO)C(=O)N[C@@H]([C@H](C)CC(=O)O)C(=O)N[C@@H](CC(=O)c2ccccc2N)C(=O)O[C@@H]1C. The summed E-state index contributed by atoms with van der Waals surface area (Å²) in [5, 5.41) is 77.4. The highest BCUT2D eigenvalue weighted by molar-refractivity contribution is 6.05. The fourth-order valence-electron chi connectivity index (χ4n) is 10.7. The summed E-state index contributed by atoms with van der Waals surface area (Å²) in [6, 6.07) is -3.15. The van der Waals surface area contributed by atoms with Crippen molar-refractivity contribution >= 4 is 124 Å². The van der Waals surface area contributed by atoms with Crippen LogP contribution in [0.25, 0.3) is 0 Å². The number of aliphatic carboxylic acids is 4. The van der Waals surface area contributed by atoms with Gasteiger partial charge in [-0.1, -0.05) is 67.6 Å². The number of para-hydroxylation sites is 2. The minimum Gasteiger partial charge on any atom is -0.496 e. The van der Waals surface area contributed by atoms with Gasteiger partial charge in [-0.15, -0.1) is 0 Å². The third-order valence-electron chi connectivity index (χ3n) is 16.5. The number of aliphatic hydroxyl groups is 1. The number of amides is 14. The van der Waals surface area contributed by atoms with Crippen LogP contribution in [-0.2, 0) is 109 Å². The Morgan fingerprint density at radius 1 is 0.575 bits per heavy atom. The molecular formula is C69H90N16O28. The molecule has 0 spiro atoms. The van der Waals surface area contributed by atoms with Crippen molar-refractivity contribution in [2.45, 2.75) is 158 Å². The fourth-order valence-corrected chi connectivity index (χ4v) is 10.7. The van der Waals surface area contributed by atoms with Crippen molar-refractivity contribution < 1.29 is 136 Å². The molecule has 13 atom stereocenters. The maximum absolute atomic E-state index is 14.8. The number of Topliss-reactive ketones (excluding diaryl/α,β-unsaturated/α-hetero) is 1. The number of hydrogen-bond donors (Lipinski definition) is 21. The molecule has 0 bridgehead atoms. The second-order valence-electron chi connectivity index (χ2n) is 25.5. The number of carbonyl (C=O) groups excluding carboxylic acids is 16. The highest BCUT2D eigenvalue weighted by Gasteiger charge is 2.41. The van der Waals surface area contributed by atoms with Crippen LogP contribution >= 0.6 is 0 Å². The maximum Gasteiger partial charge on any atom is 0.407 e. The number of methoxy groups -OCH3 is 1. The summed E-state index contributed by atoms with van der Waals surface area (Å²) >= 11 is 0. The predicted molar refractivity (Wildman–Crippen MR) is 384 cm³/mol. The number of nitrogens with two attached hydrogens (primary N) is 3. The molecule has 1 fully saturated rings. The number of ether oxygens (including phenoxy) is 3. The van der Waals surface area contributed by atoms with Gasteiger partial charge >= 0.3 is 35.9 Å². The van der Waals surface area contributed by atoms with Crippen LogP contribution in [0.5, 0.6) is 5.75 Å². The Balaban J connectivity index is 1.90. The number of benzene rings is 3. The average Bonchev–Trinajstić information content (AvgIpc) is 0.845. The Kier molecular flexibility index (Phi) is 37.1. The smallest absolute Gasteiger partial charge is 0.407 e. The third kappa shape index (κ3) is 31.6. The van der Waals surface area contributed by atoms with Crippen LogP contribution in [0.15, 0.2) is 78.9 Å².